The molecule has 1 N–H and O–H groups in total. The molecular formula is C9H10O2. The van der Waals surface area contributed by atoms with Gasteiger partial charge in [-0.15, -0.1) is 24.2 Å². The minimum absolute atomic E-state index is 0.00514. The van der Waals surface area contributed by atoms with Crippen LogP contribution in [0.25, 0.3) is 0 Å². The second-order valence-electron chi connectivity index (χ2n) is 2.09. The molecule has 0 amide bonds. The Bertz CT molecular complexity index is 224. The fraction of sp³-hybridized carbons (Fsp3) is 0.444. The molecule has 0 saturated carbocycles. The van der Waals surface area contributed by atoms with Crippen molar-refractivity contribution < 1.29 is 9.90 Å². The Morgan fingerprint density at radius 2 is 2.36 bits per heavy atom. The summed E-state index contributed by atoms with van der Waals surface area (Å²) in [6.45, 7) is 1.70. The molecule has 0 heterocycles. The summed E-state index contributed by atoms with van der Waals surface area (Å²) in [7, 11) is 0. The molecule has 11 heavy (non-hydrogen) atoms. The molecule has 58 valence electrons. The van der Waals surface area contributed by atoms with Gasteiger partial charge in [0.05, 0.1) is 6.42 Å². The van der Waals surface area contributed by atoms with Crippen LogP contribution in [0.1, 0.15) is 19.8 Å². The van der Waals surface area contributed by atoms with E-state index in [1.807, 2.05) is 0 Å². The summed E-state index contributed by atoms with van der Waals surface area (Å²) in [5.74, 6) is 6.68. The zero-order valence-electron chi connectivity index (χ0n) is 6.42. The molecule has 0 bridgehead atoms. The highest BCUT2D eigenvalue weighted by atomic mass is 16.4. The summed E-state index contributed by atoms with van der Waals surface area (Å²) in [6, 6.07) is 0. The summed E-state index contributed by atoms with van der Waals surface area (Å²) >= 11 is 0. The van der Waals surface area contributed by atoms with Crippen LogP contribution in [0, 0.1) is 30.1 Å². The predicted molar refractivity (Wildman–Crippen MR) is 42.6 cm³/mol. The summed E-state index contributed by atoms with van der Waals surface area (Å²) in [5, 5.41) is 8.37. The number of hydrogen-bond acceptors (Lipinski definition) is 1. The average molecular weight is 150 g/mol. The quantitative estimate of drug-likeness (QED) is 0.612. The van der Waals surface area contributed by atoms with Crippen LogP contribution in [0.4, 0.5) is 0 Å². The van der Waals surface area contributed by atoms with Crippen molar-refractivity contribution in [2.45, 2.75) is 19.8 Å². The van der Waals surface area contributed by atoms with Gasteiger partial charge in [-0.05, 0) is 6.92 Å². The Hall–Kier alpha value is -1.41. The number of carbonyl (C=O) groups is 1. The Morgan fingerprint density at radius 3 is 2.73 bits per heavy atom. The van der Waals surface area contributed by atoms with E-state index < -0.39 is 5.97 Å². The fourth-order valence-corrected chi connectivity index (χ4v) is 0.626. The van der Waals surface area contributed by atoms with Crippen molar-refractivity contribution in [3.8, 4) is 24.2 Å². The van der Waals surface area contributed by atoms with E-state index in [1.54, 1.807) is 6.92 Å². The van der Waals surface area contributed by atoms with Gasteiger partial charge in [-0.1, -0.05) is 0 Å². The van der Waals surface area contributed by atoms with Gasteiger partial charge >= 0.3 is 5.97 Å². The number of hydrogen-bond donors (Lipinski definition) is 1. The molecule has 0 rings (SSSR count). The van der Waals surface area contributed by atoms with Gasteiger partial charge in [-0.25, -0.2) is 0 Å². The lowest BCUT2D eigenvalue weighted by Gasteiger charge is -2.00. The van der Waals surface area contributed by atoms with Gasteiger partial charge in [0.25, 0.3) is 0 Å². The monoisotopic (exact) mass is 150 g/mol. The largest absolute Gasteiger partial charge is 0.481 e. The lowest BCUT2D eigenvalue weighted by Crippen LogP contribution is -2.04. The maximum Gasteiger partial charge on any atom is 0.304 e. The minimum atomic E-state index is -0.870. The molecule has 0 aliphatic carbocycles. The van der Waals surface area contributed by atoms with Crippen molar-refractivity contribution in [2.24, 2.45) is 5.92 Å². The molecule has 0 saturated heterocycles. The van der Waals surface area contributed by atoms with Gasteiger partial charge in [0.1, 0.15) is 0 Å². The highest BCUT2D eigenvalue weighted by Gasteiger charge is 2.07. The maximum absolute atomic E-state index is 10.2. The van der Waals surface area contributed by atoms with Crippen molar-refractivity contribution in [1.82, 2.24) is 0 Å². The number of aliphatic carboxylic acids is 1. The van der Waals surface area contributed by atoms with Gasteiger partial charge in [0.2, 0.25) is 0 Å². The number of rotatable bonds is 3. The van der Waals surface area contributed by atoms with E-state index in [9.17, 15) is 4.79 Å². The molecule has 1 atom stereocenters. The molecule has 0 spiro atoms. The molecule has 0 aliphatic rings. The topological polar surface area (TPSA) is 37.3 Å². The normalized spacial score (nSPS) is 10.5. The SMILES string of the molecule is C#CC(CC#CC)CC(=O)O. The van der Waals surface area contributed by atoms with Gasteiger partial charge in [0.15, 0.2) is 0 Å². The molecule has 0 aliphatic heterocycles. The first-order chi connectivity index (χ1) is 5.20. The highest BCUT2D eigenvalue weighted by Crippen LogP contribution is 2.05. The highest BCUT2D eigenvalue weighted by molar-refractivity contribution is 5.67. The lowest BCUT2D eigenvalue weighted by molar-refractivity contribution is -0.137. The van der Waals surface area contributed by atoms with E-state index in [1.165, 1.54) is 0 Å². The standard InChI is InChI=1S/C9H10O2/c1-3-5-6-8(4-2)7-9(10)11/h2,8H,6-7H2,1H3,(H,10,11). The third-order valence-electron chi connectivity index (χ3n) is 1.18. The summed E-state index contributed by atoms with van der Waals surface area (Å²) in [5.41, 5.74) is 0. The summed E-state index contributed by atoms with van der Waals surface area (Å²) < 4.78 is 0. The molecule has 0 aromatic carbocycles. The van der Waals surface area contributed by atoms with Crippen molar-refractivity contribution in [3.05, 3.63) is 0 Å². The molecule has 0 aromatic heterocycles. The molecular weight excluding hydrogens is 140 g/mol. The van der Waals surface area contributed by atoms with Crippen LogP contribution in [-0.2, 0) is 4.79 Å². The van der Waals surface area contributed by atoms with Crippen LogP contribution in [0.2, 0.25) is 0 Å². The summed E-state index contributed by atoms with van der Waals surface area (Å²) in [6.07, 6.45) is 5.56. The first-order valence-electron chi connectivity index (χ1n) is 3.28. The number of carboxylic acids is 1. The van der Waals surface area contributed by atoms with Gasteiger partial charge in [-0.3, -0.25) is 4.79 Å². The second kappa shape index (κ2) is 5.38. The van der Waals surface area contributed by atoms with E-state index in [2.05, 4.69) is 17.8 Å². The van der Waals surface area contributed by atoms with Crippen LogP contribution < -0.4 is 0 Å². The zero-order valence-corrected chi connectivity index (χ0v) is 6.42. The zero-order chi connectivity index (χ0) is 8.69. The fourth-order valence-electron chi connectivity index (χ4n) is 0.626. The Labute approximate surface area is 66.6 Å². The van der Waals surface area contributed by atoms with E-state index in [0.717, 1.165) is 0 Å². The number of carboxylic acid groups (broad SMARTS) is 1. The van der Waals surface area contributed by atoms with E-state index in [4.69, 9.17) is 11.5 Å². The van der Waals surface area contributed by atoms with Crippen LogP contribution in [0.5, 0.6) is 0 Å². The van der Waals surface area contributed by atoms with E-state index in [0.29, 0.717) is 6.42 Å². The third kappa shape index (κ3) is 5.06. The Kier molecular flexibility index (Phi) is 4.69. The molecule has 0 fully saturated rings. The first-order valence-corrected chi connectivity index (χ1v) is 3.28. The van der Waals surface area contributed by atoms with E-state index >= 15 is 0 Å². The lowest BCUT2D eigenvalue weighted by atomic mass is 10.0. The van der Waals surface area contributed by atoms with Crippen LogP contribution >= 0.6 is 0 Å². The van der Waals surface area contributed by atoms with Crippen molar-refractivity contribution in [1.29, 1.82) is 0 Å². The van der Waals surface area contributed by atoms with Crippen LogP contribution in [-0.4, -0.2) is 11.1 Å². The number of terminal acetylenes is 1. The van der Waals surface area contributed by atoms with Crippen LogP contribution in [0.3, 0.4) is 0 Å². The van der Waals surface area contributed by atoms with Crippen molar-refractivity contribution in [2.75, 3.05) is 0 Å². The van der Waals surface area contributed by atoms with Crippen LogP contribution in [0.15, 0.2) is 0 Å². The first kappa shape index (κ1) is 9.59. The maximum atomic E-state index is 10.2. The molecule has 2 heteroatoms. The second-order valence-corrected chi connectivity index (χ2v) is 2.09. The smallest absolute Gasteiger partial charge is 0.304 e. The molecule has 1 unspecified atom stereocenters. The Morgan fingerprint density at radius 1 is 1.73 bits per heavy atom. The third-order valence-corrected chi connectivity index (χ3v) is 1.18. The molecule has 0 aromatic rings. The van der Waals surface area contributed by atoms with Crippen molar-refractivity contribution >= 4 is 5.97 Å². The van der Waals surface area contributed by atoms with Gasteiger partial charge in [0, 0.05) is 12.3 Å². The molecule has 2 nitrogen and oxygen atoms in total. The van der Waals surface area contributed by atoms with E-state index in [-0.39, 0.29) is 12.3 Å². The average Bonchev–Trinajstić information content (AvgIpc) is 1.97. The van der Waals surface area contributed by atoms with Gasteiger partial charge in [-0.2, -0.15) is 0 Å². The molecule has 0 radical (unpaired) electrons. The van der Waals surface area contributed by atoms with Gasteiger partial charge < -0.3 is 5.11 Å². The van der Waals surface area contributed by atoms with Crippen molar-refractivity contribution in [3.63, 3.8) is 0 Å². The summed E-state index contributed by atoms with van der Waals surface area (Å²) in [4.78, 5) is 10.2. The predicted octanol–water partition coefficient (Wildman–Crippen LogP) is 1.12. The minimum Gasteiger partial charge on any atom is -0.481 e. The Balaban J connectivity index is 3.85.